The molecule has 0 saturated carbocycles. The Morgan fingerprint density at radius 3 is 2.82 bits per heavy atom. The Balaban J connectivity index is 2.71. The molecule has 0 aliphatic carbocycles. The number of pyridine rings is 1. The highest BCUT2D eigenvalue weighted by Gasteiger charge is 2.14. The molecule has 1 atom stereocenters. The van der Waals surface area contributed by atoms with E-state index < -0.39 is 5.97 Å². The smallest absolute Gasteiger partial charge is 0.336 e. The van der Waals surface area contributed by atoms with Crippen LogP contribution in [0.1, 0.15) is 34.2 Å². The molecule has 1 N–H and O–H groups in total. The summed E-state index contributed by atoms with van der Waals surface area (Å²) in [4.78, 5) is 15.8. The van der Waals surface area contributed by atoms with Gasteiger partial charge in [0.15, 0.2) is 0 Å². The predicted octanol–water partition coefficient (Wildman–Crippen LogP) is 3.78. The van der Waals surface area contributed by atoms with Gasteiger partial charge < -0.3 is 5.11 Å². The van der Waals surface area contributed by atoms with Crippen LogP contribution in [-0.4, -0.2) is 16.1 Å². The van der Waals surface area contributed by atoms with Crippen molar-refractivity contribution in [3.05, 3.63) is 41.6 Å². The number of halogens is 1. The maximum Gasteiger partial charge on any atom is 0.336 e. The highest BCUT2D eigenvalue weighted by molar-refractivity contribution is 9.09. The van der Waals surface area contributed by atoms with E-state index in [-0.39, 0.29) is 4.83 Å². The number of alkyl halides is 1. The van der Waals surface area contributed by atoms with E-state index in [0.29, 0.717) is 10.9 Å². The number of hydrogen-bond acceptors (Lipinski definition) is 2. The van der Waals surface area contributed by atoms with Gasteiger partial charge in [0.1, 0.15) is 0 Å². The lowest BCUT2D eigenvalue weighted by Crippen LogP contribution is -2.02. The molecule has 0 spiro atoms. The zero-order chi connectivity index (χ0) is 12.4. The first-order valence-electron chi connectivity index (χ1n) is 5.40. The van der Waals surface area contributed by atoms with Crippen LogP contribution < -0.4 is 0 Å². The molecule has 88 valence electrons. The number of aromatic carboxylic acids is 1. The fourth-order valence-electron chi connectivity index (χ4n) is 1.74. The molecule has 1 heterocycles. The molecule has 3 nitrogen and oxygen atoms in total. The van der Waals surface area contributed by atoms with Gasteiger partial charge in [-0.25, -0.2) is 4.79 Å². The van der Waals surface area contributed by atoms with Crippen LogP contribution in [-0.2, 0) is 0 Å². The van der Waals surface area contributed by atoms with Crippen molar-refractivity contribution in [3.63, 3.8) is 0 Å². The first-order valence-corrected chi connectivity index (χ1v) is 6.32. The van der Waals surface area contributed by atoms with E-state index >= 15 is 0 Å². The van der Waals surface area contributed by atoms with E-state index in [4.69, 9.17) is 0 Å². The van der Waals surface area contributed by atoms with E-state index in [1.54, 1.807) is 12.1 Å². The van der Waals surface area contributed by atoms with Gasteiger partial charge in [0.05, 0.1) is 21.6 Å². The van der Waals surface area contributed by atoms with Crippen LogP contribution in [0.5, 0.6) is 0 Å². The third-order valence-electron chi connectivity index (χ3n) is 2.65. The molecule has 0 amide bonds. The standard InChI is InChI=1S/C13H12BrNO2/c1-2-10(14)12-7-9(13(16)17)8-5-3-4-6-11(8)15-12/h3-7,10H,2H2,1H3,(H,16,17). The van der Waals surface area contributed by atoms with Crippen molar-refractivity contribution >= 4 is 32.8 Å². The largest absolute Gasteiger partial charge is 0.478 e. The molecular formula is C13H12BrNO2. The number of hydrogen-bond donors (Lipinski definition) is 1. The van der Waals surface area contributed by atoms with E-state index in [1.165, 1.54) is 0 Å². The van der Waals surface area contributed by atoms with Crippen LogP contribution in [0.25, 0.3) is 10.9 Å². The van der Waals surface area contributed by atoms with Crippen molar-refractivity contribution in [1.82, 2.24) is 4.98 Å². The fourth-order valence-corrected chi connectivity index (χ4v) is 1.98. The van der Waals surface area contributed by atoms with Crippen molar-refractivity contribution in [1.29, 1.82) is 0 Å². The summed E-state index contributed by atoms with van der Waals surface area (Å²) in [5.41, 5.74) is 1.80. The van der Waals surface area contributed by atoms with Crippen LogP contribution in [0.2, 0.25) is 0 Å². The molecule has 1 aromatic carbocycles. The highest BCUT2D eigenvalue weighted by atomic mass is 79.9. The molecule has 17 heavy (non-hydrogen) atoms. The molecule has 0 fully saturated rings. The van der Waals surface area contributed by atoms with Gasteiger partial charge in [-0.05, 0) is 18.6 Å². The second-order valence-corrected chi connectivity index (χ2v) is 4.90. The summed E-state index contributed by atoms with van der Waals surface area (Å²) < 4.78 is 0. The summed E-state index contributed by atoms with van der Waals surface area (Å²) in [6.07, 6.45) is 0.865. The first kappa shape index (κ1) is 12.0. The number of aromatic nitrogens is 1. The lowest BCUT2D eigenvalue weighted by molar-refractivity contribution is 0.0699. The van der Waals surface area contributed by atoms with Crippen LogP contribution in [0.3, 0.4) is 0 Å². The highest BCUT2D eigenvalue weighted by Crippen LogP contribution is 2.28. The van der Waals surface area contributed by atoms with Crippen LogP contribution >= 0.6 is 15.9 Å². The minimum Gasteiger partial charge on any atom is -0.478 e. The van der Waals surface area contributed by atoms with Crippen molar-refractivity contribution in [2.24, 2.45) is 0 Å². The van der Waals surface area contributed by atoms with E-state index in [9.17, 15) is 9.90 Å². The van der Waals surface area contributed by atoms with Crippen molar-refractivity contribution in [2.45, 2.75) is 18.2 Å². The quantitative estimate of drug-likeness (QED) is 0.876. The molecule has 1 unspecified atom stereocenters. The molecule has 2 aromatic rings. The van der Waals surface area contributed by atoms with Gasteiger partial charge in [-0.15, -0.1) is 0 Å². The van der Waals surface area contributed by atoms with Crippen molar-refractivity contribution in [2.75, 3.05) is 0 Å². The van der Waals surface area contributed by atoms with Crippen LogP contribution in [0.4, 0.5) is 0 Å². The topological polar surface area (TPSA) is 50.2 Å². The minimum absolute atomic E-state index is 0.0882. The Morgan fingerprint density at radius 1 is 1.47 bits per heavy atom. The van der Waals surface area contributed by atoms with Gasteiger partial charge in [0.25, 0.3) is 0 Å². The monoisotopic (exact) mass is 293 g/mol. The summed E-state index contributed by atoms with van der Waals surface area (Å²) in [5, 5.41) is 9.90. The number of nitrogens with zero attached hydrogens (tertiary/aromatic N) is 1. The van der Waals surface area contributed by atoms with Gasteiger partial charge in [-0.1, -0.05) is 41.1 Å². The Bertz CT molecular complexity index is 568. The number of fused-ring (bicyclic) bond motifs is 1. The number of carboxylic acid groups (broad SMARTS) is 1. The third kappa shape index (κ3) is 2.31. The lowest BCUT2D eigenvalue weighted by Gasteiger charge is -2.10. The van der Waals surface area contributed by atoms with E-state index in [0.717, 1.165) is 17.6 Å². The SMILES string of the molecule is CCC(Br)c1cc(C(=O)O)c2ccccc2n1. The molecular weight excluding hydrogens is 282 g/mol. The Hall–Kier alpha value is -1.42. The molecule has 0 aliphatic rings. The van der Waals surface area contributed by atoms with Gasteiger partial charge in [0.2, 0.25) is 0 Å². The average Bonchev–Trinajstić information content (AvgIpc) is 2.36. The van der Waals surface area contributed by atoms with Gasteiger partial charge in [0, 0.05) is 5.39 Å². The summed E-state index contributed by atoms with van der Waals surface area (Å²) in [6, 6.07) is 8.94. The number of carboxylic acids is 1. The first-order chi connectivity index (χ1) is 8.13. The normalized spacial score (nSPS) is 12.6. The maximum atomic E-state index is 11.2. The van der Waals surface area contributed by atoms with Gasteiger partial charge >= 0.3 is 5.97 Å². The Labute approximate surface area is 108 Å². The van der Waals surface area contributed by atoms with E-state index in [1.807, 2.05) is 25.1 Å². The van der Waals surface area contributed by atoms with Crippen LogP contribution in [0, 0.1) is 0 Å². The third-order valence-corrected chi connectivity index (χ3v) is 3.76. The summed E-state index contributed by atoms with van der Waals surface area (Å²) in [6.45, 7) is 2.02. The second-order valence-electron chi connectivity index (χ2n) is 3.79. The molecule has 2 rings (SSSR count). The van der Waals surface area contributed by atoms with Gasteiger partial charge in [-0.3, -0.25) is 4.98 Å². The predicted molar refractivity (Wildman–Crippen MR) is 70.7 cm³/mol. The molecule has 0 radical (unpaired) electrons. The minimum atomic E-state index is -0.916. The fraction of sp³-hybridized carbons (Fsp3) is 0.231. The number of rotatable bonds is 3. The van der Waals surface area contributed by atoms with Crippen molar-refractivity contribution < 1.29 is 9.90 Å². The summed E-state index contributed by atoms with van der Waals surface area (Å²) >= 11 is 3.50. The van der Waals surface area contributed by atoms with Crippen molar-refractivity contribution in [3.8, 4) is 0 Å². The Kier molecular flexibility index (Phi) is 3.43. The Morgan fingerprint density at radius 2 is 2.18 bits per heavy atom. The molecule has 0 bridgehead atoms. The number of benzene rings is 1. The maximum absolute atomic E-state index is 11.2. The molecule has 1 aromatic heterocycles. The zero-order valence-electron chi connectivity index (χ0n) is 9.35. The lowest BCUT2D eigenvalue weighted by atomic mass is 10.1. The summed E-state index contributed by atoms with van der Waals surface area (Å²) in [7, 11) is 0. The molecule has 0 saturated heterocycles. The number of carbonyl (C=O) groups is 1. The molecule has 4 heteroatoms. The average molecular weight is 294 g/mol. The number of para-hydroxylation sites is 1. The second kappa shape index (κ2) is 4.84. The van der Waals surface area contributed by atoms with Gasteiger partial charge in [-0.2, -0.15) is 0 Å². The zero-order valence-corrected chi connectivity index (χ0v) is 10.9. The molecule has 0 aliphatic heterocycles. The van der Waals surface area contributed by atoms with E-state index in [2.05, 4.69) is 20.9 Å². The summed E-state index contributed by atoms with van der Waals surface area (Å²) in [5.74, 6) is -0.916. The van der Waals surface area contributed by atoms with Crippen LogP contribution in [0.15, 0.2) is 30.3 Å².